The number of aromatic nitrogens is 3. The third-order valence-electron chi connectivity index (χ3n) is 16.0. The van der Waals surface area contributed by atoms with Gasteiger partial charge in [-0.2, -0.15) is 0 Å². The summed E-state index contributed by atoms with van der Waals surface area (Å²) in [6, 6.07) is 145. The average Bonchev–Trinajstić information content (AvgIpc) is 1.40. The largest absolute Gasteiger partial charge is 0.394 e. The zero-order chi connectivity index (χ0) is 79.5. The maximum atomic E-state index is 5.84. The van der Waals surface area contributed by atoms with Crippen LogP contribution in [0.1, 0.15) is 12.8 Å². The molecule has 0 aliphatic carbocycles. The first kappa shape index (κ1) is 93.7. The van der Waals surface area contributed by atoms with Crippen LogP contribution in [-0.4, -0.2) is 28.2 Å². The van der Waals surface area contributed by atoms with Crippen molar-refractivity contribution in [2.75, 3.05) is 13.2 Å². The SMILES string of the molecule is Brc1nccs1.C1CCOC1.Clc1cccc(-c2nccs2)c1.Clc1cccc(I)c1.[Pd].[Zn+][Br].[c-]1nccs1.c1ccc(P(c2ccccc2)c2ccccc2)cc1.c1ccc(P(c2ccccc2)c2ccccc2)cc1.c1ccc(P(c2ccccc2)c2ccccc2)cc1.c1ccc(P(c2ccccc2)c2ccccc2)cc1. The molecule has 0 spiro atoms. The zero-order valence-corrected chi connectivity index (χ0v) is 80.1. The summed E-state index contributed by atoms with van der Waals surface area (Å²) < 4.78 is 7.07. The van der Waals surface area contributed by atoms with Crippen LogP contribution in [0.25, 0.3) is 10.6 Å². The second-order valence-electron chi connectivity index (χ2n) is 23.9. The Morgan fingerprint density at radius 1 is 0.322 bits per heavy atom. The third kappa shape index (κ3) is 34.6. The first-order valence-corrected chi connectivity index (χ1v) is 54.0. The molecule has 0 radical (unpaired) electrons. The van der Waals surface area contributed by atoms with Gasteiger partial charge in [0.25, 0.3) is 0 Å². The maximum absolute atomic E-state index is 5.84. The molecule has 0 atom stereocenters. The van der Waals surface area contributed by atoms with E-state index in [1.807, 2.05) is 64.7 Å². The van der Waals surface area contributed by atoms with Crippen LogP contribution in [0.4, 0.5) is 0 Å². The summed E-state index contributed by atoms with van der Waals surface area (Å²) in [5.74, 6) is 0. The van der Waals surface area contributed by atoms with Crippen LogP contribution >= 0.6 is 141 Å². The molecular formula is C97H82Br2Cl2IN3OP4PdS3Zn. The number of ether oxygens (including phenoxy) is 1. The third-order valence-corrected chi connectivity index (χ3v) is 29.5. The van der Waals surface area contributed by atoms with Crippen molar-refractivity contribution < 1.29 is 41.5 Å². The van der Waals surface area contributed by atoms with Gasteiger partial charge in [0.1, 0.15) is 5.01 Å². The Kier molecular flexibility index (Phi) is 46.7. The van der Waals surface area contributed by atoms with Crippen molar-refractivity contribution in [3.05, 3.63) is 470 Å². The number of nitrogens with zero attached hydrogens (tertiary/aromatic N) is 3. The van der Waals surface area contributed by atoms with Crippen LogP contribution in [-0.2, 0) is 41.5 Å². The monoisotopic (exact) mass is 2050 g/mol. The smallest absolute Gasteiger partial charge is 0.0134 e. The number of benzene rings is 14. The number of hydrogen-bond acceptors (Lipinski definition) is 7. The van der Waals surface area contributed by atoms with E-state index in [1.165, 1.54) is 108 Å². The van der Waals surface area contributed by atoms with Crippen LogP contribution in [0.3, 0.4) is 0 Å². The summed E-state index contributed by atoms with van der Waals surface area (Å²) in [7, 11) is -1.78. The van der Waals surface area contributed by atoms with Gasteiger partial charge in [-0.3, -0.25) is 11.3 Å². The summed E-state index contributed by atoms with van der Waals surface area (Å²) in [4.78, 5) is 11.7. The molecule has 18 heteroatoms. The topological polar surface area (TPSA) is 47.9 Å². The molecule has 4 nitrogen and oxygen atoms in total. The predicted octanol–water partition coefficient (Wildman–Crippen LogP) is 24.7. The molecule has 14 aromatic carbocycles. The molecule has 0 amide bonds. The normalized spacial score (nSPS) is 10.6. The first-order chi connectivity index (χ1) is 56.3. The number of thiazole rings is 3. The van der Waals surface area contributed by atoms with E-state index in [1.54, 1.807) is 41.3 Å². The van der Waals surface area contributed by atoms with Gasteiger partial charge < -0.3 is 9.72 Å². The predicted molar refractivity (Wildman–Crippen MR) is 517 cm³/mol. The summed E-state index contributed by atoms with van der Waals surface area (Å²) in [6.07, 6.45) is 7.82. The number of rotatable bonds is 13. The first-order valence-electron chi connectivity index (χ1n) is 36.4. The van der Waals surface area contributed by atoms with Crippen LogP contribution < -0.4 is 63.7 Å². The van der Waals surface area contributed by atoms with Crippen LogP contribution in [0.15, 0.2) is 451 Å². The Morgan fingerprint density at radius 2 is 0.583 bits per heavy atom. The molecule has 1 fully saturated rings. The molecule has 18 rings (SSSR count). The van der Waals surface area contributed by atoms with Gasteiger partial charge in [0.2, 0.25) is 0 Å². The van der Waals surface area contributed by atoms with E-state index in [0.717, 1.165) is 37.7 Å². The molecule has 1 saturated heterocycles. The molecule has 0 unspecified atom stereocenters. The second-order valence-corrected chi connectivity index (χ2v) is 38.6. The molecule has 1 aliphatic rings. The van der Waals surface area contributed by atoms with Crippen molar-refractivity contribution in [2.24, 2.45) is 0 Å². The molecule has 0 N–H and O–H groups in total. The van der Waals surface area contributed by atoms with E-state index >= 15 is 0 Å². The van der Waals surface area contributed by atoms with Gasteiger partial charge in [0.15, 0.2) is 3.92 Å². The molecule has 115 heavy (non-hydrogen) atoms. The number of halogens is 5. The molecule has 1 aliphatic heterocycles. The van der Waals surface area contributed by atoms with E-state index < -0.39 is 31.7 Å². The van der Waals surface area contributed by atoms with Gasteiger partial charge >= 0.3 is 30.0 Å². The molecule has 0 saturated carbocycles. The van der Waals surface area contributed by atoms with Gasteiger partial charge in [-0.05, 0) is 183 Å². The van der Waals surface area contributed by atoms with Gasteiger partial charge in [0.05, 0.1) is 0 Å². The summed E-state index contributed by atoms with van der Waals surface area (Å²) in [5.41, 5.74) is 3.73. The summed E-state index contributed by atoms with van der Waals surface area (Å²) in [6.45, 7) is 2.00. The van der Waals surface area contributed by atoms with Gasteiger partial charge in [-0.25, -0.2) is 9.97 Å². The second kappa shape index (κ2) is 57.4. The van der Waals surface area contributed by atoms with E-state index in [2.05, 4.69) is 437 Å². The standard InChI is InChI=1S/4C18H15P.C9H6ClNS.C6H4ClI.C4H8O.C3H2BrNS.C3H2NS.BrH.Pd.Zn/c4*1-4-10-16(11-5-1)19(17-12-6-2-7-13-17)18-14-8-3-9-15-18;10-8-3-1-2-7(6-8)9-11-4-5-12-9;7-5-2-1-3-6(8)4-5;1-2-4-5-3-1;4-3-5-1-2-6-3;1-2-5-3-4-1;;;/h4*1-15H;1-6H;1-4H;1-4H2;1-2H;1-2H;1H;;/q;;;;;;;;-1;;;+2/p-1. The molecule has 576 valence electrons. The van der Waals surface area contributed by atoms with E-state index in [9.17, 15) is 0 Å². The molecular weight excluding hydrogens is 1970 g/mol. The van der Waals surface area contributed by atoms with Crippen molar-refractivity contribution in [3.63, 3.8) is 0 Å². The van der Waals surface area contributed by atoms with Crippen molar-refractivity contribution in [1.29, 1.82) is 0 Å². The Morgan fingerprint density at radius 3 is 0.739 bits per heavy atom. The van der Waals surface area contributed by atoms with Crippen molar-refractivity contribution in [1.82, 2.24) is 15.0 Å². The minimum Gasteiger partial charge on any atom is -0.394 e. The molecule has 4 heterocycles. The fourth-order valence-electron chi connectivity index (χ4n) is 11.0. The Hall–Kier alpha value is -6.79. The average molecular weight is 2060 g/mol. The fraction of sp³-hybridized carbons (Fsp3) is 0.0412. The Labute approximate surface area is 759 Å². The maximum Gasteiger partial charge on any atom is -0.0134 e. The minimum atomic E-state index is -0.446. The van der Waals surface area contributed by atoms with Gasteiger partial charge in [-0.15, -0.1) is 34.3 Å². The van der Waals surface area contributed by atoms with E-state index in [4.69, 9.17) is 27.9 Å². The number of hydrogen-bond donors (Lipinski definition) is 0. The van der Waals surface area contributed by atoms with E-state index in [0.29, 0.717) is 0 Å². The van der Waals surface area contributed by atoms with Gasteiger partial charge in [-0.1, -0.05) is 405 Å². The quantitative estimate of drug-likeness (QED) is 0.0500. The van der Waals surface area contributed by atoms with Crippen LogP contribution in [0.2, 0.25) is 10.0 Å². The van der Waals surface area contributed by atoms with Gasteiger partial charge in [0, 0.05) is 76.0 Å². The van der Waals surface area contributed by atoms with Crippen molar-refractivity contribution in [3.8, 4) is 10.6 Å². The van der Waals surface area contributed by atoms with E-state index in [-0.39, 0.29) is 20.4 Å². The minimum absolute atomic E-state index is 0. The van der Waals surface area contributed by atoms with Crippen LogP contribution in [0, 0.1) is 9.08 Å². The Balaban J connectivity index is 0.000000167. The molecule has 3 aromatic heterocycles. The van der Waals surface area contributed by atoms with Crippen molar-refractivity contribution >= 4 is 205 Å². The van der Waals surface area contributed by atoms with Crippen LogP contribution in [0.5, 0.6) is 0 Å². The van der Waals surface area contributed by atoms with Crippen molar-refractivity contribution in [2.45, 2.75) is 12.8 Å². The molecule has 0 bridgehead atoms. The summed E-state index contributed by atoms with van der Waals surface area (Å²) in [5, 5.41) is 25.1. The molecule has 17 aromatic rings. The zero-order valence-electron chi connectivity index (χ0n) is 62.7. The fourth-order valence-corrected chi connectivity index (χ4v) is 23.1. The summed E-state index contributed by atoms with van der Waals surface area (Å²) >= 11 is 25.8. The Bertz CT molecular complexity index is 4320.